The number of primary sulfonamides is 2. The molecule has 6 rings (SSSR count). The van der Waals surface area contributed by atoms with E-state index in [0.717, 1.165) is 0 Å². The normalized spacial score (nSPS) is 11.1. The maximum atomic E-state index is 12.3. The molecule has 0 saturated carbocycles. The van der Waals surface area contributed by atoms with Gasteiger partial charge in [-0.2, -0.15) is 0 Å². The van der Waals surface area contributed by atoms with Crippen LogP contribution < -0.4 is 30.4 Å². The summed E-state index contributed by atoms with van der Waals surface area (Å²) in [6.45, 7) is 0. The van der Waals surface area contributed by atoms with Crippen molar-refractivity contribution in [2.45, 2.75) is 22.6 Å². The second-order valence-corrected chi connectivity index (χ2v) is 16.1. The van der Waals surface area contributed by atoms with Crippen LogP contribution in [-0.4, -0.2) is 38.6 Å². The van der Waals surface area contributed by atoms with Crippen molar-refractivity contribution in [2.75, 3.05) is 10.6 Å². The highest BCUT2D eigenvalue weighted by Gasteiger charge is 2.20. The summed E-state index contributed by atoms with van der Waals surface area (Å²) in [6, 6.07) is 26.9. The third-order valence-corrected chi connectivity index (χ3v) is 10.3. The molecule has 2 heterocycles. The number of amides is 2. The molecule has 0 aliphatic carbocycles. The average Bonchev–Trinajstić information content (AvgIpc) is 3.15. The molecular weight excluding hydrogens is 839 g/mol. The molecule has 2 aromatic heterocycles. The maximum absolute atomic E-state index is 12.3. The van der Waals surface area contributed by atoms with Crippen LogP contribution in [-0.2, 0) is 42.5 Å². The average molecular weight is 870 g/mol. The fourth-order valence-electron chi connectivity index (χ4n) is 4.93. The fourth-order valence-corrected chi connectivity index (χ4v) is 6.87. The molecule has 6 N–H and O–H groups in total. The van der Waals surface area contributed by atoms with Crippen molar-refractivity contribution in [2.24, 2.45) is 10.3 Å². The Kier molecular flexibility index (Phi) is 14.2. The minimum atomic E-state index is -4.14. The highest BCUT2D eigenvalue weighted by molar-refractivity contribution is 7.89. The van der Waals surface area contributed by atoms with E-state index in [9.17, 15) is 26.4 Å². The van der Waals surface area contributed by atoms with Gasteiger partial charge in [-0.05, 0) is 71.8 Å². The molecule has 0 fully saturated rings. The van der Waals surface area contributed by atoms with Crippen LogP contribution in [0.25, 0.3) is 0 Å². The minimum absolute atomic E-state index is 0.0246. The van der Waals surface area contributed by atoms with Gasteiger partial charge in [0.2, 0.25) is 31.9 Å². The molecule has 0 aliphatic rings. The first-order chi connectivity index (χ1) is 27.0. The smallest absolute Gasteiger partial charge is 0.241 e. The molecular formula is C38H31Cl3N6O8S2. The Morgan fingerprint density at radius 3 is 1.49 bits per heavy atom. The molecule has 0 unspecified atom stereocenters. The summed E-state index contributed by atoms with van der Waals surface area (Å²) in [6.07, 6.45) is 5.84. The number of rotatable bonds is 12. The standard InChI is InChI=1S/C19H15Cl2N3O4S.C19H16ClN3O4S/c20-13-8-15(11-23-10-13)28-17-6-5-14(9-18(17)29(22,26)27)24-19(25)7-12-3-1-2-4-16(12)21;20-16-6-2-1-4-13(16)10-19(24)23-14-7-8-17(18(11-14)28(21,25)26)27-15-5-3-9-22-12-15/h1-6,8-11H,7H2,(H,24,25)(H2,22,26,27);1-9,11-12H,10H2,(H,23,24)(H2,21,25,26). The molecule has 294 valence electrons. The van der Waals surface area contributed by atoms with E-state index < -0.39 is 20.0 Å². The molecule has 19 heteroatoms. The zero-order chi connectivity index (χ0) is 41.2. The Hall–Kier alpha value is -5.59. The van der Waals surface area contributed by atoms with Crippen LogP contribution in [0.2, 0.25) is 15.1 Å². The van der Waals surface area contributed by atoms with E-state index in [-0.39, 0.29) is 63.1 Å². The van der Waals surface area contributed by atoms with Gasteiger partial charge in [0, 0.05) is 39.9 Å². The van der Waals surface area contributed by atoms with Crippen LogP contribution in [0.4, 0.5) is 11.4 Å². The molecule has 0 spiro atoms. The van der Waals surface area contributed by atoms with E-state index in [1.807, 2.05) is 0 Å². The Bertz CT molecular complexity index is 2640. The number of nitrogens with one attached hydrogen (secondary N) is 2. The van der Waals surface area contributed by atoms with Crippen molar-refractivity contribution < 1.29 is 35.9 Å². The minimum Gasteiger partial charge on any atom is -0.454 e. The number of nitrogens with two attached hydrogens (primary N) is 2. The Labute approximate surface area is 342 Å². The van der Waals surface area contributed by atoms with Gasteiger partial charge >= 0.3 is 0 Å². The van der Waals surface area contributed by atoms with Gasteiger partial charge in [-0.25, -0.2) is 27.1 Å². The third kappa shape index (κ3) is 12.7. The van der Waals surface area contributed by atoms with Crippen molar-refractivity contribution in [3.05, 3.63) is 154 Å². The molecule has 0 bridgehead atoms. The van der Waals surface area contributed by atoms with Gasteiger partial charge in [-0.1, -0.05) is 71.2 Å². The summed E-state index contributed by atoms with van der Waals surface area (Å²) in [5, 5.41) is 17.1. The molecule has 6 aromatic rings. The number of sulfonamides is 2. The van der Waals surface area contributed by atoms with Gasteiger partial charge in [0.1, 0.15) is 32.8 Å². The lowest BCUT2D eigenvalue weighted by Gasteiger charge is -2.12. The van der Waals surface area contributed by atoms with Crippen LogP contribution in [0.3, 0.4) is 0 Å². The van der Waals surface area contributed by atoms with Gasteiger partial charge in [0.05, 0.1) is 30.3 Å². The Balaban J connectivity index is 0.000000218. The number of ether oxygens (including phenoxy) is 2. The summed E-state index contributed by atoms with van der Waals surface area (Å²) in [7, 11) is -8.23. The summed E-state index contributed by atoms with van der Waals surface area (Å²) >= 11 is 18.0. The van der Waals surface area contributed by atoms with E-state index in [2.05, 4.69) is 20.6 Å². The molecule has 14 nitrogen and oxygen atoms in total. The molecule has 0 radical (unpaired) electrons. The quantitative estimate of drug-likeness (QED) is 0.0956. The summed E-state index contributed by atoms with van der Waals surface area (Å²) in [5.41, 5.74) is 1.80. The van der Waals surface area contributed by atoms with Gasteiger partial charge in [-0.15, -0.1) is 0 Å². The van der Waals surface area contributed by atoms with Crippen LogP contribution in [0.1, 0.15) is 11.1 Å². The Morgan fingerprint density at radius 2 is 1.05 bits per heavy atom. The van der Waals surface area contributed by atoms with Gasteiger partial charge in [0.15, 0.2) is 0 Å². The maximum Gasteiger partial charge on any atom is 0.241 e. The number of carbonyl (C=O) groups is 2. The van der Waals surface area contributed by atoms with Crippen molar-refractivity contribution in [1.82, 2.24) is 9.97 Å². The number of carbonyl (C=O) groups excluding carboxylic acids is 2. The molecule has 57 heavy (non-hydrogen) atoms. The van der Waals surface area contributed by atoms with E-state index >= 15 is 0 Å². The first-order valence-electron chi connectivity index (χ1n) is 16.3. The number of benzene rings is 4. The monoisotopic (exact) mass is 868 g/mol. The summed E-state index contributed by atoms with van der Waals surface area (Å²) in [4.78, 5) is 31.8. The van der Waals surface area contributed by atoms with E-state index in [1.165, 1.54) is 61.1 Å². The second kappa shape index (κ2) is 19.0. The number of nitrogens with zero attached hydrogens (tertiary/aromatic N) is 2. The predicted octanol–water partition coefficient (Wildman–Crippen LogP) is 7.37. The number of aromatic nitrogens is 2. The lowest BCUT2D eigenvalue weighted by atomic mass is 10.1. The lowest BCUT2D eigenvalue weighted by Crippen LogP contribution is -2.17. The zero-order valence-corrected chi connectivity index (χ0v) is 33.2. The van der Waals surface area contributed by atoms with Crippen LogP contribution in [0.5, 0.6) is 23.0 Å². The van der Waals surface area contributed by atoms with Gasteiger partial charge in [-0.3, -0.25) is 19.6 Å². The predicted molar refractivity (Wildman–Crippen MR) is 217 cm³/mol. The van der Waals surface area contributed by atoms with Crippen molar-refractivity contribution in [3.8, 4) is 23.0 Å². The van der Waals surface area contributed by atoms with Crippen molar-refractivity contribution in [3.63, 3.8) is 0 Å². The number of anilines is 2. The highest BCUT2D eigenvalue weighted by atomic mass is 35.5. The fraction of sp³-hybridized carbons (Fsp3) is 0.0526. The summed E-state index contributed by atoms with van der Waals surface area (Å²) in [5.74, 6) is -0.137. The second-order valence-electron chi connectivity index (χ2n) is 11.8. The molecule has 0 aliphatic heterocycles. The van der Waals surface area contributed by atoms with E-state index in [1.54, 1.807) is 66.9 Å². The van der Waals surface area contributed by atoms with Crippen molar-refractivity contribution in [1.29, 1.82) is 0 Å². The number of hydrogen-bond acceptors (Lipinski definition) is 10. The molecule has 2 amide bonds. The first-order valence-corrected chi connectivity index (χ1v) is 20.5. The van der Waals surface area contributed by atoms with Gasteiger partial charge in [0.25, 0.3) is 0 Å². The zero-order valence-electron chi connectivity index (χ0n) is 29.3. The SMILES string of the molecule is NS(=O)(=O)c1cc(NC(=O)Cc2ccccc2Cl)ccc1Oc1cccnc1.NS(=O)(=O)c1cc(NC(=O)Cc2ccccc2Cl)ccc1Oc1cncc(Cl)c1. The topological polar surface area (TPSA) is 223 Å². The number of halogens is 3. The molecule has 4 aromatic carbocycles. The number of pyridine rings is 2. The first kappa shape index (κ1) is 42.6. The Morgan fingerprint density at radius 1 is 0.579 bits per heavy atom. The lowest BCUT2D eigenvalue weighted by molar-refractivity contribution is -0.116. The molecule has 0 saturated heterocycles. The summed E-state index contributed by atoms with van der Waals surface area (Å²) < 4.78 is 59.1. The van der Waals surface area contributed by atoms with Crippen LogP contribution >= 0.6 is 34.8 Å². The van der Waals surface area contributed by atoms with Gasteiger partial charge < -0.3 is 20.1 Å². The molecule has 0 atom stereocenters. The van der Waals surface area contributed by atoms with E-state index in [4.69, 9.17) is 54.6 Å². The van der Waals surface area contributed by atoms with E-state index in [0.29, 0.717) is 31.9 Å². The largest absolute Gasteiger partial charge is 0.454 e. The number of hydrogen-bond donors (Lipinski definition) is 4. The third-order valence-electron chi connectivity index (χ3n) is 7.46. The van der Waals surface area contributed by atoms with Crippen LogP contribution in [0.15, 0.2) is 138 Å². The highest BCUT2D eigenvalue weighted by Crippen LogP contribution is 2.32. The van der Waals surface area contributed by atoms with Crippen LogP contribution in [0, 0.1) is 0 Å². The van der Waals surface area contributed by atoms with Crippen molar-refractivity contribution >= 4 is 78.0 Å².